The fraction of sp³-hybridized carbons (Fsp3) is 0.667. The minimum Gasteiger partial charge on any atom is -0.478 e. The van der Waals surface area contributed by atoms with Crippen LogP contribution in [-0.4, -0.2) is 47.4 Å². The molecular formula is C27H42O7. The maximum Gasteiger partial charge on any atom is 0.338 e. The fourth-order valence-corrected chi connectivity index (χ4v) is 3.85. The molecule has 0 aliphatic rings. The molecule has 34 heavy (non-hydrogen) atoms. The maximum absolute atomic E-state index is 12.6. The molecule has 0 saturated heterocycles. The van der Waals surface area contributed by atoms with E-state index in [4.69, 9.17) is 9.84 Å². The van der Waals surface area contributed by atoms with Gasteiger partial charge in [-0.15, -0.1) is 0 Å². The first kappa shape index (κ1) is 29.6. The summed E-state index contributed by atoms with van der Waals surface area (Å²) in [5.41, 5.74) is 0.369. The highest BCUT2D eigenvalue weighted by Gasteiger charge is 2.23. The van der Waals surface area contributed by atoms with Crippen LogP contribution in [0.1, 0.15) is 118 Å². The molecule has 0 bridgehead atoms. The summed E-state index contributed by atoms with van der Waals surface area (Å²) in [6.07, 6.45) is 11.4. The summed E-state index contributed by atoms with van der Waals surface area (Å²) in [6.45, 7) is 2.18. The summed E-state index contributed by atoms with van der Waals surface area (Å²) in [5, 5.41) is 19.8. The van der Waals surface area contributed by atoms with Crippen LogP contribution in [0.5, 0.6) is 0 Å². The minimum atomic E-state index is -1.06. The molecule has 0 aromatic heterocycles. The molecule has 0 spiro atoms. The van der Waals surface area contributed by atoms with Crippen molar-refractivity contribution in [1.82, 2.24) is 0 Å². The molecule has 0 saturated carbocycles. The van der Waals surface area contributed by atoms with E-state index in [0.29, 0.717) is 19.3 Å². The molecule has 1 aromatic carbocycles. The number of benzene rings is 1. The van der Waals surface area contributed by atoms with Gasteiger partial charge in [-0.1, -0.05) is 64.7 Å². The van der Waals surface area contributed by atoms with Crippen molar-refractivity contribution in [2.24, 2.45) is 0 Å². The Kier molecular flexibility index (Phi) is 15.7. The number of unbranched alkanes of at least 4 members (excludes halogenated alkanes) is 9. The second kappa shape index (κ2) is 18.0. The van der Waals surface area contributed by atoms with Crippen LogP contribution in [0.3, 0.4) is 0 Å². The highest BCUT2D eigenvalue weighted by Crippen LogP contribution is 2.19. The first-order chi connectivity index (χ1) is 16.4. The SMILES string of the molecule is CCCCCCCCC(O)C(CCCCCCCC(=O)OC)OC(=O)c1ccc(C(=O)O)cc1. The fourth-order valence-electron chi connectivity index (χ4n) is 3.85. The summed E-state index contributed by atoms with van der Waals surface area (Å²) in [6, 6.07) is 5.61. The van der Waals surface area contributed by atoms with Crippen molar-refractivity contribution in [2.75, 3.05) is 7.11 Å². The van der Waals surface area contributed by atoms with Gasteiger partial charge in [0, 0.05) is 6.42 Å². The number of carboxylic acid groups (broad SMARTS) is 1. The predicted molar refractivity (Wildman–Crippen MR) is 131 cm³/mol. The monoisotopic (exact) mass is 478 g/mol. The van der Waals surface area contributed by atoms with E-state index in [9.17, 15) is 19.5 Å². The van der Waals surface area contributed by atoms with Crippen molar-refractivity contribution in [3.8, 4) is 0 Å². The Hall–Kier alpha value is -2.41. The Balaban J connectivity index is 2.55. The number of hydrogen-bond acceptors (Lipinski definition) is 6. The lowest BCUT2D eigenvalue weighted by Gasteiger charge is -2.23. The van der Waals surface area contributed by atoms with Gasteiger partial charge in [0.25, 0.3) is 0 Å². The molecule has 1 aromatic rings. The van der Waals surface area contributed by atoms with Crippen molar-refractivity contribution in [2.45, 2.75) is 109 Å². The van der Waals surface area contributed by atoms with Gasteiger partial charge < -0.3 is 19.7 Å². The quantitative estimate of drug-likeness (QED) is 0.187. The molecule has 2 unspecified atom stereocenters. The third kappa shape index (κ3) is 12.7. The van der Waals surface area contributed by atoms with Gasteiger partial charge in [-0.05, 0) is 49.9 Å². The number of aliphatic hydroxyl groups is 1. The predicted octanol–water partition coefficient (Wildman–Crippen LogP) is 5.93. The molecule has 1 rings (SSSR count). The zero-order chi connectivity index (χ0) is 25.2. The number of carboxylic acids is 1. The van der Waals surface area contributed by atoms with Gasteiger partial charge in [-0.3, -0.25) is 4.79 Å². The standard InChI is InChI=1S/C27H42O7/c1-3-4-5-6-8-11-14-23(28)24(15-12-9-7-10-13-16-25(29)33-2)34-27(32)22-19-17-21(18-20-22)26(30)31/h17-20,23-24,28H,3-16H2,1-2H3,(H,30,31). The number of methoxy groups -OCH3 is 1. The summed E-state index contributed by atoms with van der Waals surface area (Å²) in [4.78, 5) is 34.8. The van der Waals surface area contributed by atoms with Crippen molar-refractivity contribution < 1.29 is 34.1 Å². The summed E-state index contributed by atoms with van der Waals surface area (Å²) in [5.74, 6) is -1.80. The average Bonchev–Trinajstić information content (AvgIpc) is 2.84. The van der Waals surface area contributed by atoms with E-state index in [1.54, 1.807) is 0 Å². The van der Waals surface area contributed by atoms with Gasteiger partial charge in [-0.2, -0.15) is 0 Å². The second-order valence-corrected chi connectivity index (χ2v) is 8.83. The Morgan fingerprint density at radius 1 is 0.794 bits per heavy atom. The van der Waals surface area contributed by atoms with Crippen LogP contribution in [0, 0.1) is 0 Å². The lowest BCUT2D eigenvalue weighted by Crippen LogP contribution is -2.31. The van der Waals surface area contributed by atoms with Gasteiger partial charge in [0.2, 0.25) is 0 Å². The van der Waals surface area contributed by atoms with Gasteiger partial charge in [0.1, 0.15) is 6.10 Å². The molecule has 0 fully saturated rings. The van der Waals surface area contributed by atoms with Crippen molar-refractivity contribution in [1.29, 1.82) is 0 Å². The molecule has 7 heteroatoms. The van der Waals surface area contributed by atoms with Gasteiger partial charge in [0.15, 0.2) is 0 Å². The zero-order valence-electron chi connectivity index (χ0n) is 20.8. The average molecular weight is 479 g/mol. The largest absolute Gasteiger partial charge is 0.478 e. The smallest absolute Gasteiger partial charge is 0.338 e. The number of aromatic carboxylic acids is 1. The molecule has 0 aliphatic carbocycles. The van der Waals surface area contributed by atoms with E-state index < -0.39 is 24.1 Å². The second-order valence-electron chi connectivity index (χ2n) is 8.83. The van der Waals surface area contributed by atoms with E-state index in [0.717, 1.165) is 51.4 Å². The zero-order valence-corrected chi connectivity index (χ0v) is 20.8. The Bertz CT molecular complexity index is 714. The molecule has 2 atom stereocenters. The lowest BCUT2D eigenvalue weighted by molar-refractivity contribution is -0.140. The van der Waals surface area contributed by atoms with Crippen LogP contribution in [-0.2, 0) is 14.3 Å². The molecule has 7 nitrogen and oxygen atoms in total. The minimum absolute atomic E-state index is 0.100. The molecule has 0 aliphatic heterocycles. The third-order valence-corrected chi connectivity index (χ3v) is 6.01. The van der Waals surface area contributed by atoms with Crippen molar-refractivity contribution in [3.05, 3.63) is 35.4 Å². The lowest BCUT2D eigenvalue weighted by atomic mass is 9.99. The van der Waals surface area contributed by atoms with Crippen LogP contribution in [0.25, 0.3) is 0 Å². The summed E-state index contributed by atoms with van der Waals surface area (Å²) in [7, 11) is 1.39. The number of carbonyl (C=O) groups is 3. The maximum atomic E-state index is 12.6. The number of esters is 2. The van der Waals surface area contributed by atoms with Crippen LogP contribution in [0.4, 0.5) is 0 Å². The topological polar surface area (TPSA) is 110 Å². The van der Waals surface area contributed by atoms with Gasteiger partial charge in [-0.25, -0.2) is 9.59 Å². The molecule has 192 valence electrons. The first-order valence-corrected chi connectivity index (χ1v) is 12.7. The highest BCUT2D eigenvalue weighted by molar-refractivity contribution is 5.92. The highest BCUT2D eigenvalue weighted by atomic mass is 16.6. The number of hydrogen-bond donors (Lipinski definition) is 2. The number of carbonyl (C=O) groups excluding carboxylic acids is 2. The van der Waals surface area contributed by atoms with Crippen LogP contribution < -0.4 is 0 Å². The molecular weight excluding hydrogens is 436 g/mol. The van der Waals surface area contributed by atoms with E-state index >= 15 is 0 Å². The third-order valence-electron chi connectivity index (χ3n) is 6.01. The Labute approximate surface area is 203 Å². The summed E-state index contributed by atoms with van der Waals surface area (Å²) >= 11 is 0. The van der Waals surface area contributed by atoms with Crippen molar-refractivity contribution >= 4 is 17.9 Å². The van der Waals surface area contributed by atoms with E-state index in [1.807, 2.05) is 0 Å². The van der Waals surface area contributed by atoms with Gasteiger partial charge >= 0.3 is 17.9 Å². The number of aliphatic hydroxyl groups excluding tert-OH is 1. The Morgan fingerprint density at radius 2 is 1.32 bits per heavy atom. The van der Waals surface area contributed by atoms with E-state index in [1.165, 1.54) is 50.6 Å². The molecule has 0 radical (unpaired) electrons. The van der Waals surface area contributed by atoms with Crippen LogP contribution >= 0.6 is 0 Å². The van der Waals surface area contributed by atoms with Crippen LogP contribution in [0.15, 0.2) is 24.3 Å². The van der Waals surface area contributed by atoms with Crippen molar-refractivity contribution in [3.63, 3.8) is 0 Å². The molecule has 2 N–H and O–H groups in total. The van der Waals surface area contributed by atoms with E-state index in [-0.39, 0.29) is 17.1 Å². The summed E-state index contributed by atoms with van der Waals surface area (Å²) < 4.78 is 10.3. The number of rotatable bonds is 19. The van der Waals surface area contributed by atoms with Crippen LogP contribution in [0.2, 0.25) is 0 Å². The van der Waals surface area contributed by atoms with E-state index in [2.05, 4.69) is 11.7 Å². The molecule has 0 heterocycles. The normalized spacial score (nSPS) is 12.7. The first-order valence-electron chi connectivity index (χ1n) is 12.7. The molecule has 0 amide bonds. The van der Waals surface area contributed by atoms with Gasteiger partial charge in [0.05, 0.1) is 24.3 Å². The number of ether oxygens (including phenoxy) is 2. The Morgan fingerprint density at radius 3 is 1.91 bits per heavy atom.